The molecule has 0 aromatic heterocycles. The van der Waals surface area contributed by atoms with Gasteiger partial charge >= 0.3 is 0 Å². The van der Waals surface area contributed by atoms with E-state index < -0.39 is 0 Å². The first kappa shape index (κ1) is 9.98. The summed E-state index contributed by atoms with van der Waals surface area (Å²) >= 11 is 0. The molecule has 1 unspecified atom stereocenters. The van der Waals surface area contributed by atoms with Crippen molar-refractivity contribution in [3.8, 4) is 5.75 Å². The number of para-hydroxylation sites is 1. The van der Waals surface area contributed by atoms with E-state index in [4.69, 9.17) is 4.74 Å². The van der Waals surface area contributed by atoms with Crippen LogP contribution < -0.4 is 0 Å². The third kappa shape index (κ3) is 1.80. The largest absolute Gasteiger partial charge is 0.508 e. The van der Waals surface area contributed by atoms with Crippen molar-refractivity contribution in [2.24, 2.45) is 0 Å². The van der Waals surface area contributed by atoms with Crippen LogP contribution in [0.4, 0.5) is 0 Å². The fourth-order valence-electron chi connectivity index (χ4n) is 1.71. The summed E-state index contributed by atoms with van der Waals surface area (Å²) < 4.78 is 5.17. The Kier molecular flexibility index (Phi) is 2.60. The second-order valence-electron chi connectivity index (χ2n) is 3.59. The van der Waals surface area contributed by atoms with Gasteiger partial charge in [0, 0.05) is 12.6 Å². The Balaban J connectivity index is 2.30. The number of carbonyl (C=O) groups is 1. The normalized spacial score (nSPS) is 21.8. The van der Waals surface area contributed by atoms with Gasteiger partial charge in [0.25, 0.3) is 0 Å². The zero-order valence-corrected chi connectivity index (χ0v) is 8.51. The molecule has 2 rings (SSSR count). The van der Waals surface area contributed by atoms with Crippen molar-refractivity contribution in [2.75, 3.05) is 20.3 Å². The van der Waals surface area contributed by atoms with Crippen LogP contribution in [-0.2, 0) is 9.53 Å². The number of carbonyl (C=O) groups excluding carboxylic acids is 1. The molecule has 1 heterocycles. The molecule has 1 N–H and O–H groups in total. The summed E-state index contributed by atoms with van der Waals surface area (Å²) in [6.07, 6.45) is 0. The van der Waals surface area contributed by atoms with Crippen molar-refractivity contribution in [3.63, 3.8) is 0 Å². The number of benzene rings is 1. The first-order chi connectivity index (χ1) is 7.20. The highest BCUT2D eigenvalue weighted by Crippen LogP contribution is 2.29. The maximum absolute atomic E-state index is 11.4. The van der Waals surface area contributed by atoms with E-state index in [1.54, 1.807) is 30.1 Å². The van der Waals surface area contributed by atoms with E-state index in [0.29, 0.717) is 6.61 Å². The standard InChI is InChI=1S/C11H13NO3/c1-12-9(6-15-7-11(12)14)8-4-2-3-5-10(8)13/h2-5,9,13H,6-7H2,1H3. The van der Waals surface area contributed by atoms with Crippen LogP contribution in [0.25, 0.3) is 0 Å². The molecule has 0 spiro atoms. The highest BCUT2D eigenvalue weighted by atomic mass is 16.5. The summed E-state index contributed by atoms with van der Waals surface area (Å²) in [7, 11) is 1.72. The van der Waals surface area contributed by atoms with E-state index in [2.05, 4.69) is 0 Å². The number of morpholine rings is 1. The van der Waals surface area contributed by atoms with E-state index in [1.165, 1.54) is 0 Å². The molecule has 1 fully saturated rings. The Morgan fingerprint density at radius 1 is 1.47 bits per heavy atom. The zero-order valence-electron chi connectivity index (χ0n) is 8.51. The first-order valence-electron chi connectivity index (χ1n) is 4.81. The number of aromatic hydroxyl groups is 1. The molecule has 1 saturated heterocycles. The van der Waals surface area contributed by atoms with Crippen molar-refractivity contribution in [3.05, 3.63) is 29.8 Å². The second-order valence-corrected chi connectivity index (χ2v) is 3.59. The Bertz CT molecular complexity index is 378. The molecule has 1 aromatic carbocycles. The number of amides is 1. The fourth-order valence-corrected chi connectivity index (χ4v) is 1.71. The molecule has 1 aromatic rings. The van der Waals surface area contributed by atoms with E-state index >= 15 is 0 Å². The third-order valence-electron chi connectivity index (χ3n) is 2.66. The van der Waals surface area contributed by atoms with Crippen LogP contribution in [0.3, 0.4) is 0 Å². The molecule has 80 valence electrons. The minimum absolute atomic E-state index is 0.0606. The number of hydrogen-bond donors (Lipinski definition) is 1. The third-order valence-corrected chi connectivity index (χ3v) is 2.66. The lowest BCUT2D eigenvalue weighted by atomic mass is 10.0. The number of nitrogens with zero attached hydrogens (tertiary/aromatic N) is 1. The Hall–Kier alpha value is -1.55. The molecule has 4 heteroatoms. The second kappa shape index (κ2) is 3.90. The predicted molar refractivity (Wildman–Crippen MR) is 54.4 cm³/mol. The van der Waals surface area contributed by atoms with Crippen molar-refractivity contribution in [2.45, 2.75) is 6.04 Å². The van der Waals surface area contributed by atoms with Gasteiger partial charge in [0.2, 0.25) is 5.91 Å². The number of hydrogen-bond acceptors (Lipinski definition) is 3. The van der Waals surface area contributed by atoms with E-state index in [9.17, 15) is 9.90 Å². The average Bonchev–Trinajstić information content (AvgIpc) is 2.23. The molecule has 1 aliphatic rings. The maximum atomic E-state index is 11.4. The summed E-state index contributed by atoms with van der Waals surface area (Å²) in [5, 5.41) is 9.67. The Morgan fingerprint density at radius 2 is 2.20 bits per heavy atom. The summed E-state index contributed by atoms with van der Waals surface area (Å²) in [6.45, 7) is 0.556. The highest BCUT2D eigenvalue weighted by Gasteiger charge is 2.28. The molecule has 0 bridgehead atoms. The topological polar surface area (TPSA) is 49.8 Å². The molecule has 0 saturated carbocycles. The van der Waals surface area contributed by atoms with Gasteiger partial charge in [-0.2, -0.15) is 0 Å². The summed E-state index contributed by atoms with van der Waals surface area (Å²) in [4.78, 5) is 13.0. The van der Waals surface area contributed by atoms with Crippen molar-refractivity contribution < 1.29 is 14.6 Å². The van der Waals surface area contributed by atoms with Crippen LogP contribution in [0.15, 0.2) is 24.3 Å². The molecule has 15 heavy (non-hydrogen) atoms. The lowest BCUT2D eigenvalue weighted by Crippen LogP contribution is -2.41. The summed E-state index contributed by atoms with van der Waals surface area (Å²) in [5.41, 5.74) is 0.730. The minimum atomic E-state index is -0.188. The van der Waals surface area contributed by atoms with Gasteiger partial charge < -0.3 is 14.7 Å². The molecular weight excluding hydrogens is 194 g/mol. The number of phenols is 1. The number of ether oxygens (including phenoxy) is 1. The maximum Gasteiger partial charge on any atom is 0.248 e. The summed E-state index contributed by atoms with van der Waals surface area (Å²) in [6, 6.07) is 6.82. The quantitative estimate of drug-likeness (QED) is 0.745. The van der Waals surface area contributed by atoms with Gasteiger partial charge in [0.05, 0.1) is 12.6 Å². The number of phenolic OH excluding ortho intramolecular Hbond substituents is 1. The van der Waals surface area contributed by atoms with Gasteiger partial charge in [-0.25, -0.2) is 0 Å². The highest BCUT2D eigenvalue weighted by molar-refractivity contribution is 5.78. The van der Waals surface area contributed by atoms with Crippen molar-refractivity contribution in [1.29, 1.82) is 0 Å². The first-order valence-corrected chi connectivity index (χ1v) is 4.81. The van der Waals surface area contributed by atoms with Crippen LogP contribution in [0.2, 0.25) is 0 Å². The van der Waals surface area contributed by atoms with Crippen LogP contribution >= 0.6 is 0 Å². The number of likely N-dealkylation sites (N-methyl/N-ethyl adjacent to an activating group) is 1. The Labute approximate surface area is 88.1 Å². The van der Waals surface area contributed by atoms with Crippen molar-refractivity contribution in [1.82, 2.24) is 4.90 Å². The molecule has 1 amide bonds. The smallest absolute Gasteiger partial charge is 0.248 e. The minimum Gasteiger partial charge on any atom is -0.508 e. The van der Waals surface area contributed by atoms with Crippen LogP contribution in [-0.4, -0.2) is 36.2 Å². The lowest BCUT2D eigenvalue weighted by Gasteiger charge is -2.32. The average molecular weight is 207 g/mol. The van der Waals surface area contributed by atoms with E-state index in [-0.39, 0.29) is 24.3 Å². The van der Waals surface area contributed by atoms with Gasteiger partial charge in [0.1, 0.15) is 12.4 Å². The fraction of sp³-hybridized carbons (Fsp3) is 0.364. The lowest BCUT2D eigenvalue weighted by molar-refractivity contribution is -0.146. The summed E-state index contributed by atoms with van der Waals surface area (Å²) in [5.74, 6) is 0.141. The zero-order chi connectivity index (χ0) is 10.8. The van der Waals surface area contributed by atoms with Crippen molar-refractivity contribution >= 4 is 5.91 Å². The molecule has 1 aliphatic heterocycles. The van der Waals surface area contributed by atoms with Crippen LogP contribution in [0.1, 0.15) is 11.6 Å². The molecule has 4 nitrogen and oxygen atoms in total. The van der Waals surface area contributed by atoms with E-state index in [1.807, 2.05) is 6.07 Å². The monoisotopic (exact) mass is 207 g/mol. The van der Waals surface area contributed by atoms with Crippen LogP contribution in [0.5, 0.6) is 5.75 Å². The van der Waals surface area contributed by atoms with E-state index in [0.717, 1.165) is 5.56 Å². The van der Waals surface area contributed by atoms with Crippen LogP contribution in [0, 0.1) is 0 Å². The van der Waals surface area contributed by atoms with Gasteiger partial charge in [-0.1, -0.05) is 18.2 Å². The number of rotatable bonds is 1. The Morgan fingerprint density at radius 3 is 2.93 bits per heavy atom. The predicted octanol–water partition coefficient (Wildman–Crippen LogP) is 0.922. The molecular formula is C11H13NO3. The molecule has 0 radical (unpaired) electrons. The van der Waals surface area contributed by atoms with Gasteiger partial charge in [-0.15, -0.1) is 0 Å². The van der Waals surface area contributed by atoms with Gasteiger partial charge in [-0.05, 0) is 6.07 Å². The molecule has 0 aliphatic carbocycles. The van der Waals surface area contributed by atoms with Gasteiger partial charge in [0.15, 0.2) is 0 Å². The SMILES string of the molecule is CN1C(=O)COCC1c1ccccc1O. The van der Waals surface area contributed by atoms with Gasteiger partial charge in [-0.3, -0.25) is 4.79 Å². The molecule has 1 atom stereocenters.